The number of piperazine rings is 1. The van der Waals surface area contributed by atoms with Gasteiger partial charge in [-0.3, -0.25) is 14.6 Å². The fourth-order valence-corrected chi connectivity index (χ4v) is 4.53. The first-order valence-electron chi connectivity index (χ1n) is 10.6. The van der Waals surface area contributed by atoms with E-state index in [1.54, 1.807) is 7.11 Å². The Morgan fingerprint density at radius 3 is 2.59 bits per heavy atom. The third-order valence-electron chi connectivity index (χ3n) is 6.30. The lowest BCUT2D eigenvalue weighted by Gasteiger charge is -2.38. The summed E-state index contributed by atoms with van der Waals surface area (Å²) in [7, 11) is 1.73. The van der Waals surface area contributed by atoms with E-state index >= 15 is 0 Å². The van der Waals surface area contributed by atoms with E-state index in [1.165, 1.54) is 16.7 Å². The number of benzene rings is 2. The van der Waals surface area contributed by atoms with Crippen LogP contribution in [0.15, 0.2) is 42.5 Å². The zero-order valence-electron chi connectivity index (χ0n) is 17.7. The van der Waals surface area contributed by atoms with E-state index in [0.29, 0.717) is 0 Å². The molecule has 1 saturated heterocycles. The zero-order valence-corrected chi connectivity index (χ0v) is 17.7. The first kappa shape index (κ1) is 19.9. The van der Waals surface area contributed by atoms with Crippen LogP contribution in [-0.4, -0.2) is 61.6 Å². The van der Waals surface area contributed by atoms with Gasteiger partial charge in [-0.15, -0.1) is 0 Å². The maximum Gasteiger partial charge on any atom is 0.244 e. The SMILES string of the molecule is COc1ccc(C)cc1CN1CCN([C@H](C)C(=O)N2CCc3ccccc32)CC1. The Hall–Kier alpha value is -2.37. The molecule has 29 heavy (non-hydrogen) atoms. The molecule has 0 saturated carbocycles. The van der Waals surface area contributed by atoms with Crippen molar-refractivity contribution in [1.29, 1.82) is 0 Å². The third kappa shape index (κ3) is 4.16. The van der Waals surface area contributed by atoms with Gasteiger partial charge in [0.1, 0.15) is 5.75 Å². The minimum atomic E-state index is -0.0863. The second-order valence-electron chi connectivity index (χ2n) is 8.17. The topological polar surface area (TPSA) is 36.0 Å². The van der Waals surface area contributed by atoms with Crippen LogP contribution in [0.2, 0.25) is 0 Å². The molecular formula is C24H31N3O2. The molecule has 2 aliphatic rings. The largest absolute Gasteiger partial charge is 0.496 e. The summed E-state index contributed by atoms with van der Waals surface area (Å²) < 4.78 is 5.53. The number of aryl methyl sites for hydroxylation is 1. The highest BCUT2D eigenvalue weighted by atomic mass is 16.5. The number of nitrogens with zero attached hydrogens (tertiary/aromatic N) is 3. The summed E-state index contributed by atoms with van der Waals surface area (Å²) in [4.78, 5) is 19.9. The molecule has 2 aromatic rings. The fourth-order valence-electron chi connectivity index (χ4n) is 4.53. The summed E-state index contributed by atoms with van der Waals surface area (Å²) in [5.74, 6) is 1.18. The van der Waals surface area contributed by atoms with Crippen molar-refractivity contribution in [3.63, 3.8) is 0 Å². The van der Waals surface area contributed by atoms with Gasteiger partial charge < -0.3 is 9.64 Å². The molecule has 1 amide bonds. The van der Waals surface area contributed by atoms with Crippen LogP contribution in [0, 0.1) is 6.92 Å². The number of amides is 1. The summed E-state index contributed by atoms with van der Waals surface area (Å²) in [5, 5.41) is 0. The molecule has 5 heteroatoms. The smallest absolute Gasteiger partial charge is 0.244 e. The maximum atomic E-state index is 13.2. The molecule has 1 fully saturated rings. The molecular weight excluding hydrogens is 362 g/mol. The molecule has 0 bridgehead atoms. The van der Waals surface area contributed by atoms with Crippen molar-refractivity contribution in [2.75, 3.05) is 44.7 Å². The molecule has 154 valence electrons. The number of methoxy groups -OCH3 is 1. The van der Waals surface area contributed by atoms with Crippen molar-refractivity contribution in [3.8, 4) is 5.75 Å². The Labute approximate surface area is 173 Å². The normalized spacial score (nSPS) is 18.5. The second kappa shape index (κ2) is 8.56. The number of anilines is 1. The first-order chi connectivity index (χ1) is 14.1. The number of carbonyl (C=O) groups is 1. The number of carbonyl (C=O) groups excluding carboxylic acids is 1. The van der Waals surface area contributed by atoms with Gasteiger partial charge in [-0.05, 0) is 38.0 Å². The lowest BCUT2D eigenvalue weighted by Crippen LogP contribution is -2.54. The number of para-hydroxylation sites is 1. The average molecular weight is 394 g/mol. The molecule has 1 atom stereocenters. The highest BCUT2D eigenvalue weighted by Gasteiger charge is 2.32. The van der Waals surface area contributed by atoms with Crippen LogP contribution in [0.1, 0.15) is 23.6 Å². The summed E-state index contributed by atoms with van der Waals surface area (Å²) in [6.45, 7) is 9.62. The molecule has 0 aliphatic carbocycles. The Morgan fingerprint density at radius 1 is 1.07 bits per heavy atom. The molecule has 0 unspecified atom stereocenters. The number of hydrogen-bond donors (Lipinski definition) is 0. The van der Waals surface area contributed by atoms with Crippen molar-refractivity contribution in [2.45, 2.75) is 32.9 Å². The first-order valence-corrected chi connectivity index (χ1v) is 10.6. The standard InChI is InChI=1S/C24H31N3O2/c1-18-8-9-23(29-3)21(16-18)17-25-12-14-26(15-13-25)19(2)24(28)27-11-10-20-6-4-5-7-22(20)27/h4-9,16,19H,10-15,17H2,1-3H3/t19-/m1/s1. The predicted molar refractivity (Wildman–Crippen MR) is 117 cm³/mol. The van der Waals surface area contributed by atoms with E-state index in [1.807, 2.05) is 11.0 Å². The van der Waals surface area contributed by atoms with Gasteiger partial charge in [-0.25, -0.2) is 0 Å². The van der Waals surface area contributed by atoms with Crippen LogP contribution in [0.5, 0.6) is 5.75 Å². The number of fused-ring (bicyclic) bond motifs is 1. The lowest BCUT2D eigenvalue weighted by molar-refractivity contribution is -0.123. The summed E-state index contributed by atoms with van der Waals surface area (Å²) in [6, 6.07) is 14.5. The van der Waals surface area contributed by atoms with E-state index < -0.39 is 0 Å². The van der Waals surface area contributed by atoms with Gasteiger partial charge >= 0.3 is 0 Å². The van der Waals surface area contributed by atoms with E-state index in [2.05, 4.69) is 60.0 Å². The van der Waals surface area contributed by atoms with Gasteiger partial charge in [0, 0.05) is 50.5 Å². The molecule has 5 nitrogen and oxygen atoms in total. The molecule has 2 aromatic carbocycles. The van der Waals surface area contributed by atoms with Crippen LogP contribution in [-0.2, 0) is 17.8 Å². The minimum Gasteiger partial charge on any atom is -0.496 e. The minimum absolute atomic E-state index is 0.0863. The maximum absolute atomic E-state index is 13.2. The quantitative estimate of drug-likeness (QED) is 0.782. The van der Waals surface area contributed by atoms with Crippen molar-refractivity contribution in [1.82, 2.24) is 9.80 Å². The van der Waals surface area contributed by atoms with Gasteiger partial charge in [0.15, 0.2) is 0 Å². The van der Waals surface area contributed by atoms with Crippen molar-refractivity contribution in [2.24, 2.45) is 0 Å². The molecule has 0 aromatic heterocycles. The van der Waals surface area contributed by atoms with Gasteiger partial charge in [0.2, 0.25) is 5.91 Å². The van der Waals surface area contributed by atoms with Gasteiger partial charge in [-0.1, -0.05) is 35.9 Å². The summed E-state index contributed by atoms with van der Waals surface area (Å²) in [6.07, 6.45) is 0.959. The molecule has 0 radical (unpaired) electrons. The van der Waals surface area contributed by atoms with Crippen LogP contribution in [0.3, 0.4) is 0 Å². The molecule has 0 spiro atoms. The van der Waals surface area contributed by atoms with Gasteiger partial charge in [0.05, 0.1) is 13.2 Å². The molecule has 4 rings (SSSR count). The number of rotatable bonds is 5. The molecule has 2 aliphatic heterocycles. The third-order valence-corrected chi connectivity index (χ3v) is 6.30. The Balaban J connectivity index is 1.35. The van der Waals surface area contributed by atoms with Crippen LogP contribution >= 0.6 is 0 Å². The highest BCUT2D eigenvalue weighted by Crippen LogP contribution is 2.29. The Morgan fingerprint density at radius 2 is 1.83 bits per heavy atom. The summed E-state index contributed by atoms with van der Waals surface area (Å²) >= 11 is 0. The van der Waals surface area contributed by atoms with Crippen molar-refractivity contribution < 1.29 is 9.53 Å². The Bertz CT molecular complexity index is 874. The van der Waals surface area contributed by atoms with E-state index in [0.717, 1.165) is 57.1 Å². The van der Waals surface area contributed by atoms with Crippen LogP contribution in [0.4, 0.5) is 5.69 Å². The van der Waals surface area contributed by atoms with Crippen molar-refractivity contribution >= 4 is 11.6 Å². The van der Waals surface area contributed by atoms with Gasteiger partial charge in [0.25, 0.3) is 0 Å². The number of hydrogen-bond acceptors (Lipinski definition) is 4. The fraction of sp³-hybridized carbons (Fsp3) is 0.458. The van der Waals surface area contributed by atoms with E-state index in [9.17, 15) is 4.79 Å². The molecule has 2 heterocycles. The van der Waals surface area contributed by atoms with Crippen LogP contribution < -0.4 is 9.64 Å². The zero-order chi connectivity index (χ0) is 20.4. The summed E-state index contributed by atoms with van der Waals surface area (Å²) in [5.41, 5.74) is 4.86. The van der Waals surface area contributed by atoms with Gasteiger partial charge in [-0.2, -0.15) is 0 Å². The monoisotopic (exact) mass is 393 g/mol. The Kier molecular flexibility index (Phi) is 5.88. The molecule has 0 N–H and O–H groups in total. The predicted octanol–water partition coefficient (Wildman–Crippen LogP) is 3.10. The second-order valence-corrected chi connectivity index (χ2v) is 8.17. The number of ether oxygens (including phenoxy) is 1. The highest BCUT2D eigenvalue weighted by molar-refractivity contribution is 5.98. The van der Waals surface area contributed by atoms with Crippen LogP contribution in [0.25, 0.3) is 0 Å². The van der Waals surface area contributed by atoms with E-state index in [4.69, 9.17) is 4.74 Å². The van der Waals surface area contributed by atoms with Crippen molar-refractivity contribution in [3.05, 3.63) is 59.2 Å². The average Bonchev–Trinajstić information content (AvgIpc) is 3.17. The lowest BCUT2D eigenvalue weighted by atomic mass is 10.1. The van der Waals surface area contributed by atoms with E-state index in [-0.39, 0.29) is 11.9 Å².